The lowest BCUT2D eigenvalue weighted by Crippen LogP contribution is -2.42. The van der Waals surface area contributed by atoms with Crippen molar-refractivity contribution in [1.29, 1.82) is 0 Å². The molecular weight excluding hydrogens is 288 g/mol. The fourth-order valence-corrected chi connectivity index (χ4v) is 5.05. The van der Waals surface area contributed by atoms with Gasteiger partial charge in [-0.2, -0.15) is 0 Å². The summed E-state index contributed by atoms with van der Waals surface area (Å²) in [7, 11) is 1.76. The predicted molar refractivity (Wildman–Crippen MR) is 93.3 cm³/mol. The highest BCUT2D eigenvalue weighted by atomic mass is 16.5. The Hall–Kier alpha value is -0.570. The molecule has 2 fully saturated rings. The van der Waals surface area contributed by atoms with Crippen molar-refractivity contribution in [1.82, 2.24) is 0 Å². The van der Waals surface area contributed by atoms with Gasteiger partial charge in [0.2, 0.25) is 0 Å². The highest BCUT2D eigenvalue weighted by molar-refractivity contribution is 5.65. The molecule has 0 spiro atoms. The van der Waals surface area contributed by atoms with Gasteiger partial charge in [0.15, 0.2) is 0 Å². The monoisotopic (exact) mass is 324 g/mol. The summed E-state index contributed by atoms with van der Waals surface area (Å²) in [6.45, 7) is 7.73. The Balaban J connectivity index is 1.95. The lowest BCUT2D eigenvalue weighted by molar-refractivity contribution is -0.148. The second-order valence-electron chi connectivity index (χ2n) is 8.64. The van der Waals surface area contributed by atoms with Crippen molar-refractivity contribution in [2.24, 2.45) is 22.7 Å². The molecule has 2 saturated carbocycles. The first-order valence-electron chi connectivity index (χ1n) is 9.52. The van der Waals surface area contributed by atoms with Gasteiger partial charge < -0.3 is 9.47 Å². The molecule has 0 unspecified atom stereocenters. The molecule has 3 heteroatoms. The smallest absolute Gasteiger partial charge is 0.302 e. The van der Waals surface area contributed by atoms with Gasteiger partial charge in [-0.25, -0.2) is 0 Å². The molecule has 134 valence electrons. The maximum Gasteiger partial charge on any atom is 0.302 e. The average Bonchev–Trinajstić information content (AvgIpc) is 2.55. The minimum atomic E-state index is -0.176. The van der Waals surface area contributed by atoms with Crippen molar-refractivity contribution in [2.75, 3.05) is 20.3 Å². The van der Waals surface area contributed by atoms with Crippen molar-refractivity contribution < 1.29 is 14.3 Å². The van der Waals surface area contributed by atoms with Crippen LogP contribution in [0.2, 0.25) is 0 Å². The number of esters is 1. The van der Waals surface area contributed by atoms with Crippen LogP contribution >= 0.6 is 0 Å². The molecule has 0 heterocycles. The highest BCUT2D eigenvalue weighted by Crippen LogP contribution is 2.51. The quantitative estimate of drug-likeness (QED) is 0.646. The van der Waals surface area contributed by atoms with Gasteiger partial charge in [0.1, 0.15) is 0 Å². The van der Waals surface area contributed by atoms with E-state index in [9.17, 15) is 4.79 Å². The summed E-state index contributed by atoms with van der Waals surface area (Å²) in [5.74, 6) is 1.52. The van der Waals surface area contributed by atoms with Crippen LogP contribution in [0.1, 0.15) is 78.6 Å². The molecule has 0 aliphatic heterocycles. The van der Waals surface area contributed by atoms with Crippen LogP contribution in [0.5, 0.6) is 0 Å². The first kappa shape index (κ1) is 18.8. The number of rotatable bonds is 6. The molecule has 0 radical (unpaired) electrons. The molecule has 0 saturated heterocycles. The molecule has 2 rings (SSSR count). The van der Waals surface area contributed by atoms with Gasteiger partial charge in [0, 0.05) is 19.4 Å². The van der Waals surface area contributed by atoms with Crippen LogP contribution in [0.25, 0.3) is 0 Å². The van der Waals surface area contributed by atoms with Crippen molar-refractivity contribution in [3.05, 3.63) is 0 Å². The highest BCUT2D eigenvalue weighted by Gasteiger charge is 2.44. The normalized spacial score (nSPS) is 30.2. The Labute approximate surface area is 142 Å². The van der Waals surface area contributed by atoms with Crippen molar-refractivity contribution in [3.8, 4) is 0 Å². The van der Waals surface area contributed by atoms with E-state index in [1.165, 1.54) is 51.9 Å². The Morgan fingerprint density at radius 2 is 1.57 bits per heavy atom. The average molecular weight is 325 g/mol. The second-order valence-corrected chi connectivity index (χ2v) is 8.64. The lowest BCUT2D eigenvalue weighted by atomic mass is 9.58. The van der Waals surface area contributed by atoms with Crippen LogP contribution in [0.4, 0.5) is 0 Å². The van der Waals surface area contributed by atoms with E-state index in [1.54, 1.807) is 7.11 Å². The second kappa shape index (κ2) is 8.00. The van der Waals surface area contributed by atoms with E-state index >= 15 is 0 Å². The third-order valence-corrected chi connectivity index (χ3v) is 6.79. The van der Waals surface area contributed by atoms with Crippen LogP contribution in [-0.2, 0) is 14.3 Å². The van der Waals surface area contributed by atoms with Crippen molar-refractivity contribution in [2.45, 2.75) is 78.6 Å². The first-order valence-corrected chi connectivity index (χ1v) is 9.52. The van der Waals surface area contributed by atoms with E-state index in [1.807, 2.05) is 0 Å². The summed E-state index contributed by atoms with van der Waals surface area (Å²) in [6.07, 6.45) is 11.8. The lowest BCUT2D eigenvalue weighted by Gasteiger charge is -2.48. The molecule has 3 nitrogen and oxygen atoms in total. The molecule has 2 aliphatic carbocycles. The summed E-state index contributed by atoms with van der Waals surface area (Å²) in [5, 5.41) is 0. The number of carbonyl (C=O) groups excluding carboxylic acids is 1. The number of hydrogen-bond donors (Lipinski definition) is 0. The van der Waals surface area contributed by atoms with Crippen LogP contribution < -0.4 is 0 Å². The molecule has 23 heavy (non-hydrogen) atoms. The fraction of sp³-hybridized carbons (Fsp3) is 0.950. The largest absolute Gasteiger partial charge is 0.465 e. The third kappa shape index (κ3) is 4.71. The topological polar surface area (TPSA) is 35.5 Å². The van der Waals surface area contributed by atoms with E-state index in [2.05, 4.69) is 13.8 Å². The molecule has 0 N–H and O–H groups in total. The molecule has 0 atom stereocenters. The van der Waals surface area contributed by atoms with E-state index in [0.29, 0.717) is 18.6 Å². The summed E-state index contributed by atoms with van der Waals surface area (Å²) >= 11 is 0. The molecular formula is C20H36O3. The van der Waals surface area contributed by atoms with Crippen molar-refractivity contribution in [3.63, 3.8) is 0 Å². The van der Waals surface area contributed by atoms with Crippen LogP contribution in [0.15, 0.2) is 0 Å². The minimum Gasteiger partial charge on any atom is -0.465 e. The summed E-state index contributed by atoms with van der Waals surface area (Å²) in [5.41, 5.74) is 0.487. The maximum absolute atomic E-state index is 11.2. The van der Waals surface area contributed by atoms with Crippen LogP contribution in [-0.4, -0.2) is 26.3 Å². The summed E-state index contributed by atoms with van der Waals surface area (Å²) < 4.78 is 10.8. The van der Waals surface area contributed by atoms with E-state index < -0.39 is 0 Å². The number of hydrogen-bond acceptors (Lipinski definition) is 3. The van der Waals surface area contributed by atoms with E-state index in [-0.39, 0.29) is 11.4 Å². The van der Waals surface area contributed by atoms with Crippen LogP contribution in [0.3, 0.4) is 0 Å². The van der Waals surface area contributed by atoms with E-state index in [4.69, 9.17) is 9.47 Å². The Morgan fingerprint density at radius 3 is 2.09 bits per heavy atom. The Kier molecular flexibility index (Phi) is 6.53. The summed E-state index contributed by atoms with van der Waals surface area (Å²) in [4.78, 5) is 11.2. The Morgan fingerprint density at radius 1 is 1.00 bits per heavy atom. The summed E-state index contributed by atoms with van der Waals surface area (Å²) in [6, 6.07) is 0. The number of methoxy groups -OCH3 is 1. The van der Waals surface area contributed by atoms with E-state index in [0.717, 1.165) is 24.7 Å². The fourth-order valence-electron chi connectivity index (χ4n) is 5.05. The van der Waals surface area contributed by atoms with Crippen LogP contribution in [0, 0.1) is 22.7 Å². The molecule has 2 aliphatic rings. The molecule has 0 bridgehead atoms. The maximum atomic E-state index is 11.2. The third-order valence-electron chi connectivity index (χ3n) is 6.79. The number of carbonyl (C=O) groups is 1. The SMILES string of the molecule is COCC1(COC(C)=O)CCC(C(C)(C)C2CCCCC2)CC1. The molecule has 0 amide bonds. The van der Waals surface area contributed by atoms with Gasteiger partial charge in [-0.3, -0.25) is 4.79 Å². The van der Waals surface area contributed by atoms with Gasteiger partial charge in [-0.05, 0) is 55.8 Å². The standard InChI is InChI=1S/C20H36O3/c1-16(21)23-15-20(14-22-4)12-10-18(11-13-20)19(2,3)17-8-6-5-7-9-17/h17-18H,5-15H2,1-4H3. The molecule has 0 aromatic heterocycles. The molecule has 0 aromatic carbocycles. The van der Waals surface area contributed by atoms with Crippen molar-refractivity contribution >= 4 is 5.97 Å². The van der Waals surface area contributed by atoms with Gasteiger partial charge in [-0.1, -0.05) is 33.1 Å². The van der Waals surface area contributed by atoms with Gasteiger partial charge >= 0.3 is 5.97 Å². The molecule has 0 aromatic rings. The zero-order valence-electron chi connectivity index (χ0n) is 15.7. The Bertz CT molecular complexity index is 374. The number of ether oxygens (including phenoxy) is 2. The predicted octanol–water partition coefficient (Wildman–Crippen LogP) is 4.98. The van der Waals surface area contributed by atoms with Gasteiger partial charge in [0.25, 0.3) is 0 Å². The van der Waals surface area contributed by atoms with Gasteiger partial charge in [0.05, 0.1) is 13.2 Å². The minimum absolute atomic E-state index is 0.0412. The zero-order chi connectivity index (χ0) is 16.9. The zero-order valence-corrected chi connectivity index (χ0v) is 15.7. The van der Waals surface area contributed by atoms with Gasteiger partial charge in [-0.15, -0.1) is 0 Å². The first-order chi connectivity index (χ1) is 10.9.